The zero-order valence-electron chi connectivity index (χ0n) is 11.3. The molecule has 0 unspecified atom stereocenters. The number of pyridine rings is 1. The van der Waals surface area contributed by atoms with Crippen molar-refractivity contribution in [3.63, 3.8) is 0 Å². The maximum atomic E-state index is 11.0. The van der Waals surface area contributed by atoms with Gasteiger partial charge in [0.15, 0.2) is 5.69 Å². The number of hydrogen-bond donors (Lipinski definition) is 1. The van der Waals surface area contributed by atoms with Crippen LogP contribution in [0.1, 0.15) is 22.5 Å². The molecule has 0 fully saturated rings. The normalized spacial score (nSPS) is 11.2. The minimum atomic E-state index is -0.965. The summed E-state index contributed by atoms with van der Waals surface area (Å²) in [6.45, 7) is 2.58. The number of carboxylic acid groups (broad SMARTS) is 1. The maximum absolute atomic E-state index is 11.0. The molecule has 5 nitrogen and oxygen atoms in total. The van der Waals surface area contributed by atoms with Crippen LogP contribution in [0.25, 0.3) is 0 Å². The molecule has 1 heterocycles. The summed E-state index contributed by atoms with van der Waals surface area (Å²) in [4.78, 5) is 19.2. The zero-order valence-corrected chi connectivity index (χ0v) is 11.3. The van der Waals surface area contributed by atoms with E-state index in [1.807, 2.05) is 27.2 Å². The van der Waals surface area contributed by atoms with Crippen LogP contribution < -0.4 is 0 Å². The molecule has 0 aromatic carbocycles. The van der Waals surface area contributed by atoms with E-state index in [1.165, 1.54) is 6.20 Å². The van der Waals surface area contributed by atoms with Gasteiger partial charge in [0, 0.05) is 12.7 Å². The van der Waals surface area contributed by atoms with Crippen LogP contribution in [0.4, 0.5) is 0 Å². The molecule has 1 aromatic heterocycles. The van der Waals surface area contributed by atoms with E-state index in [9.17, 15) is 4.79 Å². The third kappa shape index (κ3) is 4.81. The predicted octanol–water partition coefficient (Wildman–Crippen LogP) is 1.16. The van der Waals surface area contributed by atoms with E-state index in [2.05, 4.69) is 14.8 Å². The lowest BCUT2D eigenvalue weighted by Gasteiger charge is -2.18. The third-order valence-electron chi connectivity index (χ3n) is 2.68. The highest BCUT2D eigenvalue weighted by molar-refractivity contribution is 5.86. The topological polar surface area (TPSA) is 56.7 Å². The highest BCUT2D eigenvalue weighted by Crippen LogP contribution is 2.08. The zero-order chi connectivity index (χ0) is 13.5. The number of aromatic nitrogens is 1. The van der Waals surface area contributed by atoms with Gasteiger partial charge in [-0.3, -0.25) is 0 Å². The highest BCUT2D eigenvalue weighted by atomic mass is 16.4. The van der Waals surface area contributed by atoms with Crippen LogP contribution >= 0.6 is 0 Å². The summed E-state index contributed by atoms with van der Waals surface area (Å²) in [5, 5.41) is 9.04. The summed E-state index contributed by atoms with van der Waals surface area (Å²) in [6, 6.07) is 3.59. The van der Waals surface area contributed by atoms with Gasteiger partial charge in [0.2, 0.25) is 0 Å². The van der Waals surface area contributed by atoms with Crippen molar-refractivity contribution in [2.24, 2.45) is 0 Å². The van der Waals surface area contributed by atoms with Gasteiger partial charge in [-0.2, -0.15) is 0 Å². The minimum absolute atomic E-state index is 0.150. The van der Waals surface area contributed by atoms with Crippen LogP contribution in [0.2, 0.25) is 0 Å². The molecule has 0 aliphatic heterocycles. The summed E-state index contributed by atoms with van der Waals surface area (Å²) in [6.07, 6.45) is 2.57. The van der Waals surface area contributed by atoms with Gasteiger partial charge < -0.3 is 14.9 Å². The average Bonchev–Trinajstić information content (AvgIpc) is 2.28. The van der Waals surface area contributed by atoms with E-state index >= 15 is 0 Å². The molecule has 0 aliphatic carbocycles. The first-order valence-electron chi connectivity index (χ1n) is 6.01. The summed E-state index contributed by atoms with van der Waals surface area (Å²) < 4.78 is 0. The number of carbonyl (C=O) groups is 1. The van der Waals surface area contributed by atoms with Crippen molar-refractivity contribution in [3.05, 3.63) is 29.6 Å². The first-order chi connectivity index (χ1) is 8.50. The Morgan fingerprint density at radius 1 is 1.33 bits per heavy atom. The standard InChI is InChI=1S/C13H21N3O2/c1-15(2)8-5-9-16(3)10-11-6-4-7-14-12(11)13(17)18/h4,6-7H,5,8-10H2,1-3H3,(H,17,18). The molecule has 0 amide bonds. The fourth-order valence-corrected chi connectivity index (χ4v) is 1.79. The molecule has 1 N–H and O–H groups in total. The Hall–Kier alpha value is -1.46. The Morgan fingerprint density at radius 3 is 2.67 bits per heavy atom. The molecule has 0 atom stereocenters. The van der Waals surface area contributed by atoms with Gasteiger partial charge >= 0.3 is 5.97 Å². The highest BCUT2D eigenvalue weighted by Gasteiger charge is 2.12. The SMILES string of the molecule is CN(C)CCCN(C)Cc1cccnc1C(=O)O. The fraction of sp³-hybridized carbons (Fsp3) is 0.538. The molecule has 0 spiro atoms. The Bertz CT molecular complexity index is 394. The molecule has 0 aliphatic rings. The average molecular weight is 251 g/mol. The van der Waals surface area contributed by atoms with Gasteiger partial charge in [-0.1, -0.05) is 6.07 Å². The number of hydrogen-bond acceptors (Lipinski definition) is 4. The van der Waals surface area contributed by atoms with Crippen molar-refractivity contribution in [2.45, 2.75) is 13.0 Å². The Kier molecular flexibility index (Phi) is 5.74. The Labute approximate surface area is 108 Å². The molecule has 0 saturated heterocycles. The van der Waals surface area contributed by atoms with Crippen molar-refractivity contribution in [3.8, 4) is 0 Å². The first-order valence-corrected chi connectivity index (χ1v) is 6.01. The predicted molar refractivity (Wildman–Crippen MR) is 70.7 cm³/mol. The van der Waals surface area contributed by atoms with Gasteiger partial charge in [-0.25, -0.2) is 9.78 Å². The van der Waals surface area contributed by atoms with E-state index in [-0.39, 0.29) is 5.69 Å². The molecule has 5 heteroatoms. The molecular formula is C13H21N3O2. The lowest BCUT2D eigenvalue weighted by atomic mass is 10.2. The molecule has 1 rings (SSSR count). The van der Waals surface area contributed by atoms with Gasteiger partial charge in [0.05, 0.1) is 0 Å². The van der Waals surface area contributed by atoms with E-state index in [4.69, 9.17) is 5.11 Å². The third-order valence-corrected chi connectivity index (χ3v) is 2.68. The van der Waals surface area contributed by atoms with Gasteiger partial charge in [0.25, 0.3) is 0 Å². The number of nitrogens with zero attached hydrogens (tertiary/aromatic N) is 3. The second-order valence-electron chi connectivity index (χ2n) is 4.71. The van der Waals surface area contributed by atoms with Crippen LogP contribution in [-0.4, -0.2) is 60.1 Å². The van der Waals surface area contributed by atoms with Gasteiger partial charge in [-0.05, 0) is 52.3 Å². The second kappa shape index (κ2) is 7.08. The molecular weight excluding hydrogens is 230 g/mol. The van der Waals surface area contributed by atoms with Crippen LogP contribution in [-0.2, 0) is 6.54 Å². The summed E-state index contributed by atoms with van der Waals surface area (Å²) in [5.74, 6) is -0.965. The molecule has 0 bridgehead atoms. The van der Waals surface area contributed by atoms with Crippen LogP contribution in [0.5, 0.6) is 0 Å². The molecule has 0 saturated carbocycles. The Balaban J connectivity index is 2.53. The molecule has 0 radical (unpaired) electrons. The number of aromatic carboxylic acids is 1. The van der Waals surface area contributed by atoms with Crippen molar-refractivity contribution in [1.82, 2.24) is 14.8 Å². The smallest absolute Gasteiger partial charge is 0.354 e. The quantitative estimate of drug-likeness (QED) is 0.788. The lowest BCUT2D eigenvalue weighted by molar-refractivity contribution is 0.0688. The van der Waals surface area contributed by atoms with Crippen LogP contribution in [0.15, 0.2) is 18.3 Å². The number of carboxylic acids is 1. The van der Waals surface area contributed by atoms with E-state index in [0.29, 0.717) is 6.54 Å². The van der Waals surface area contributed by atoms with E-state index in [1.54, 1.807) is 6.07 Å². The van der Waals surface area contributed by atoms with Crippen molar-refractivity contribution in [1.29, 1.82) is 0 Å². The largest absolute Gasteiger partial charge is 0.477 e. The molecule has 18 heavy (non-hydrogen) atoms. The van der Waals surface area contributed by atoms with Gasteiger partial charge in [0.1, 0.15) is 0 Å². The monoisotopic (exact) mass is 251 g/mol. The summed E-state index contributed by atoms with van der Waals surface area (Å²) in [5.41, 5.74) is 0.911. The maximum Gasteiger partial charge on any atom is 0.354 e. The van der Waals surface area contributed by atoms with Gasteiger partial charge in [-0.15, -0.1) is 0 Å². The molecule has 100 valence electrons. The Morgan fingerprint density at radius 2 is 2.06 bits per heavy atom. The van der Waals surface area contributed by atoms with Crippen molar-refractivity contribution in [2.75, 3.05) is 34.2 Å². The van der Waals surface area contributed by atoms with E-state index < -0.39 is 5.97 Å². The van der Waals surface area contributed by atoms with Crippen molar-refractivity contribution >= 4 is 5.97 Å². The minimum Gasteiger partial charge on any atom is -0.477 e. The van der Waals surface area contributed by atoms with Crippen LogP contribution in [0, 0.1) is 0 Å². The number of rotatable bonds is 7. The second-order valence-corrected chi connectivity index (χ2v) is 4.71. The lowest BCUT2D eigenvalue weighted by Crippen LogP contribution is -2.24. The molecule has 1 aromatic rings. The fourth-order valence-electron chi connectivity index (χ4n) is 1.79. The summed E-state index contributed by atoms with van der Waals surface area (Å²) in [7, 11) is 6.08. The first kappa shape index (κ1) is 14.6. The van der Waals surface area contributed by atoms with E-state index in [0.717, 1.165) is 25.1 Å². The van der Waals surface area contributed by atoms with Crippen LogP contribution in [0.3, 0.4) is 0 Å². The summed E-state index contributed by atoms with van der Waals surface area (Å²) >= 11 is 0. The van der Waals surface area contributed by atoms with Crippen molar-refractivity contribution < 1.29 is 9.90 Å².